The molecule has 0 aliphatic rings. The van der Waals surface area contributed by atoms with Crippen molar-refractivity contribution in [3.05, 3.63) is 64.7 Å². The Bertz CT molecular complexity index is 924. The molecule has 0 bridgehead atoms. The molecule has 0 heterocycles. The van der Waals surface area contributed by atoms with Crippen LogP contribution in [0.3, 0.4) is 0 Å². The van der Waals surface area contributed by atoms with Crippen LogP contribution < -0.4 is 20.9 Å². The molecular weight excluding hydrogens is 382 g/mol. The topological polar surface area (TPSA) is 96.5 Å². The number of aryl methyl sites for hydroxylation is 2. The molecule has 2 aromatic carbocycles. The highest BCUT2D eigenvalue weighted by molar-refractivity contribution is 6.00. The van der Waals surface area contributed by atoms with Gasteiger partial charge in [-0.25, -0.2) is 0 Å². The number of rotatable bonds is 7. The van der Waals surface area contributed by atoms with Gasteiger partial charge in [-0.3, -0.25) is 25.2 Å². The van der Waals surface area contributed by atoms with Crippen molar-refractivity contribution in [3.8, 4) is 5.75 Å². The molecule has 0 fully saturated rings. The van der Waals surface area contributed by atoms with E-state index in [0.29, 0.717) is 23.5 Å². The predicted molar refractivity (Wildman–Crippen MR) is 115 cm³/mol. The molecule has 2 rings (SSSR count). The van der Waals surface area contributed by atoms with Crippen molar-refractivity contribution in [3.63, 3.8) is 0 Å². The number of ether oxygens (including phenoxy) is 1. The molecule has 0 aliphatic heterocycles. The fraction of sp³-hybridized carbons (Fsp3) is 0.348. The van der Waals surface area contributed by atoms with Crippen LogP contribution in [0.15, 0.2) is 42.5 Å². The van der Waals surface area contributed by atoms with Crippen LogP contribution in [0.4, 0.5) is 0 Å². The summed E-state index contributed by atoms with van der Waals surface area (Å²) in [6.45, 7) is 9.64. The van der Waals surface area contributed by atoms with E-state index in [4.69, 9.17) is 4.74 Å². The molecule has 7 nitrogen and oxygen atoms in total. The first-order valence-electron chi connectivity index (χ1n) is 9.94. The Morgan fingerprint density at radius 1 is 0.933 bits per heavy atom. The van der Waals surface area contributed by atoms with E-state index >= 15 is 0 Å². The van der Waals surface area contributed by atoms with Gasteiger partial charge in [0.2, 0.25) is 0 Å². The maximum Gasteiger partial charge on any atom is 0.269 e. The Labute approximate surface area is 177 Å². The van der Waals surface area contributed by atoms with E-state index in [1.54, 1.807) is 30.3 Å². The Hall–Kier alpha value is -3.35. The van der Waals surface area contributed by atoms with Crippen molar-refractivity contribution in [2.75, 3.05) is 6.61 Å². The minimum absolute atomic E-state index is 0.203. The predicted octanol–water partition coefficient (Wildman–Crippen LogP) is 2.92. The summed E-state index contributed by atoms with van der Waals surface area (Å²) in [6.07, 6.45) is 0. The van der Waals surface area contributed by atoms with Gasteiger partial charge in [0.15, 0.2) is 0 Å². The van der Waals surface area contributed by atoms with Crippen LogP contribution in [0.5, 0.6) is 5.75 Å². The normalized spacial score (nSPS) is 11.5. The molecule has 0 aromatic heterocycles. The first kappa shape index (κ1) is 22.9. The highest BCUT2D eigenvalue weighted by Crippen LogP contribution is 2.18. The molecule has 160 valence electrons. The molecule has 0 aliphatic carbocycles. The van der Waals surface area contributed by atoms with Crippen molar-refractivity contribution in [1.82, 2.24) is 16.2 Å². The highest BCUT2D eigenvalue weighted by atomic mass is 16.5. The molecule has 0 saturated heterocycles. The van der Waals surface area contributed by atoms with Gasteiger partial charge in [0.25, 0.3) is 17.7 Å². The summed E-state index contributed by atoms with van der Waals surface area (Å²) in [5.41, 5.74) is 7.51. The van der Waals surface area contributed by atoms with Gasteiger partial charge in [0.05, 0.1) is 12.2 Å². The number of carbonyl (C=O) groups is 3. The molecule has 0 unspecified atom stereocenters. The molecule has 0 saturated carbocycles. The van der Waals surface area contributed by atoms with E-state index in [-0.39, 0.29) is 5.92 Å². The number of para-hydroxylation sites is 1. The number of hydrazine groups is 1. The van der Waals surface area contributed by atoms with Crippen molar-refractivity contribution in [2.45, 2.75) is 40.7 Å². The summed E-state index contributed by atoms with van der Waals surface area (Å²) >= 11 is 0. The first-order chi connectivity index (χ1) is 14.2. The SMILES string of the molecule is CCOc1ccccc1C(=O)N[C@H](C(=O)NNC(=O)c1ccc(C)cc1C)C(C)C. The van der Waals surface area contributed by atoms with E-state index in [1.165, 1.54) is 0 Å². The van der Waals surface area contributed by atoms with Crippen molar-refractivity contribution in [2.24, 2.45) is 5.92 Å². The second kappa shape index (κ2) is 10.4. The van der Waals surface area contributed by atoms with Crippen LogP contribution in [0.25, 0.3) is 0 Å². The van der Waals surface area contributed by atoms with Gasteiger partial charge in [-0.15, -0.1) is 0 Å². The Morgan fingerprint density at radius 2 is 1.63 bits per heavy atom. The average molecular weight is 412 g/mol. The van der Waals surface area contributed by atoms with Crippen LogP contribution in [0.2, 0.25) is 0 Å². The van der Waals surface area contributed by atoms with Gasteiger partial charge in [0.1, 0.15) is 11.8 Å². The lowest BCUT2D eigenvalue weighted by Gasteiger charge is -2.22. The molecule has 7 heteroatoms. The van der Waals surface area contributed by atoms with Crippen LogP contribution >= 0.6 is 0 Å². The van der Waals surface area contributed by atoms with Crippen LogP contribution in [0, 0.1) is 19.8 Å². The van der Waals surface area contributed by atoms with Crippen LogP contribution in [-0.2, 0) is 4.79 Å². The molecular formula is C23H29N3O4. The maximum absolute atomic E-state index is 12.7. The Balaban J connectivity index is 2.06. The number of benzene rings is 2. The van der Waals surface area contributed by atoms with Crippen molar-refractivity contribution in [1.29, 1.82) is 0 Å². The third kappa shape index (κ3) is 5.83. The number of hydrogen-bond acceptors (Lipinski definition) is 4. The molecule has 1 atom stereocenters. The van der Waals surface area contributed by atoms with Gasteiger partial charge in [0, 0.05) is 5.56 Å². The number of nitrogens with one attached hydrogen (secondary N) is 3. The number of carbonyl (C=O) groups excluding carboxylic acids is 3. The van der Waals surface area contributed by atoms with E-state index < -0.39 is 23.8 Å². The Morgan fingerprint density at radius 3 is 2.27 bits per heavy atom. The van der Waals surface area contributed by atoms with Gasteiger partial charge < -0.3 is 10.1 Å². The quantitative estimate of drug-likeness (QED) is 0.611. The second-order valence-electron chi connectivity index (χ2n) is 7.39. The van der Waals surface area contributed by atoms with Crippen molar-refractivity contribution >= 4 is 17.7 Å². The second-order valence-corrected chi connectivity index (χ2v) is 7.39. The zero-order valence-electron chi connectivity index (χ0n) is 18.0. The summed E-state index contributed by atoms with van der Waals surface area (Å²) in [6, 6.07) is 11.4. The standard InChI is InChI=1S/C23H29N3O4/c1-6-30-19-10-8-7-9-18(19)21(27)24-20(14(2)3)23(29)26-25-22(28)17-12-11-15(4)13-16(17)5/h7-14,20H,6H2,1-5H3,(H,24,27)(H,25,28)(H,26,29)/t20-/m0/s1. The maximum atomic E-state index is 12.7. The summed E-state index contributed by atoms with van der Waals surface area (Å²) in [5, 5.41) is 2.73. The lowest BCUT2D eigenvalue weighted by molar-refractivity contribution is -0.124. The van der Waals surface area contributed by atoms with Crippen molar-refractivity contribution < 1.29 is 19.1 Å². The van der Waals surface area contributed by atoms with E-state index in [9.17, 15) is 14.4 Å². The van der Waals surface area contributed by atoms with E-state index in [0.717, 1.165) is 11.1 Å². The smallest absolute Gasteiger partial charge is 0.269 e. The van der Waals surface area contributed by atoms with Gasteiger partial charge in [-0.1, -0.05) is 43.7 Å². The monoisotopic (exact) mass is 411 g/mol. The lowest BCUT2D eigenvalue weighted by atomic mass is 10.0. The third-order valence-corrected chi connectivity index (χ3v) is 4.59. The zero-order chi connectivity index (χ0) is 22.3. The molecule has 0 radical (unpaired) electrons. The minimum atomic E-state index is -0.841. The van der Waals surface area contributed by atoms with Crippen LogP contribution in [-0.4, -0.2) is 30.4 Å². The third-order valence-electron chi connectivity index (χ3n) is 4.59. The molecule has 30 heavy (non-hydrogen) atoms. The lowest BCUT2D eigenvalue weighted by Crippen LogP contribution is -2.54. The summed E-state index contributed by atoms with van der Waals surface area (Å²) in [5.74, 6) is -1.11. The fourth-order valence-corrected chi connectivity index (χ4v) is 3.02. The largest absolute Gasteiger partial charge is 0.493 e. The Kier molecular flexibility index (Phi) is 7.98. The fourth-order valence-electron chi connectivity index (χ4n) is 3.02. The summed E-state index contributed by atoms with van der Waals surface area (Å²) in [7, 11) is 0. The van der Waals surface area contributed by atoms with Crippen LogP contribution in [0.1, 0.15) is 52.6 Å². The first-order valence-corrected chi connectivity index (χ1v) is 9.94. The molecule has 3 amide bonds. The molecule has 0 spiro atoms. The summed E-state index contributed by atoms with van der Waals surface area (Å²) in [4.78, 5) is 37.8. The van der Waals surface area contributed by atoms with E-state index in [2.05, 4.69) is 16.2 Å². The van der Waals surface area contributed by atoms with E-state index in [1.807, 2.05) is 46.8 Å². The minimum Gasteiger partial charge on any atom is -0.493 e. The number of hydrogen-bond donors (Lipinski definition) is 3. The summed E-state index contributed by atoms with van der Waals surface area (Å²) < 4.78 is 5.49. The zero-order valence-corrected chi connectivity index (χ0v) is 18.0. The average Bonchev–Trinajstić information content (AvgIpc) is 2.70. The van der Waals surface area contributed by atoms with Gasteiger partial charge in [-0.2, -0.15) is 0 Å². The van der Waals surface area contributed by atoms with Gasteiger partial charge in [-0.05, 0) is 50.5 Å². The molecule has 3 N–H and O–H groups in total. The van der Waals surface area contributed by atoms with Gasteiger partial charge >= 0.3 is 0 Å². The number of amides is 3. The highest BCUT2D eigenvalue weighted by Gasteiger charge is 2.26. The molecule has 2 aromatic rings.